The lowest BCUT2D eigenvalue weighted by Gasteiger charge is -2.50. The molecule has 1 aromatic rings. The summed E-state index contributed by atoms with van der Waals surface area (Å²) >= 11 is 0. The molecule has 0 bridgehead atoms. The number of hydrogen-bond donors (Lipinski definition) is 1. The van der Waals surface area contributed by atoms with Crippen molar-refractivity contribution >= 4 is 5.95 Å². The minimum absolute atomic E-state index is 0.0219. The molecule has 0 atom stereocenters. The van der Waals surface area contributed by atoms with E-state index in [9.17, 15) is 0 Å². The number of hydrogen-bond acceptors (Lipinski definition) is 3. The molecule has 4 nitrogen and oxygen atoms in total. The quantitative estimate of drug-likeness (QED) is 0.749. The van der Waals surface area contributed by atoms with Crippen LogP contribution in [0, 0.1) is 5.92 Å². The highest BCUT2D eigenvalue weighted by Gasteiger charge is 2.43. The summed E-state index contributed by atoms with van der Waals surface area (Å²) in [6.45, 7) is 6.18. The molecule has 1 saturated heterocycles. The Morgan fingerprint density at radius 2 is 2.14 bits per heavy atom. The molecule has 0 unspecified atom stereocenters. The van der Waals surface area contributed by atoms with E-state index < -0.39 is 0 Å². The molecule has 4 heteroatoms. The second-order valence-corrected chi connectivity index (χ2v) is 4.58. The van der Waals surface area contributed by atoms with Crippen LogP contribution in [0.5, 0.6) is 0 Å². The van der Waals surface area contributed by atoms with Gasteiger partial charge in [0.15, 0.2) is 0 Å². The first-order valence-electron chi connectivity index (χ1n) is 5.04. The van der Waals surface area contributed by atoms with Crippen molar-refractivity contribution in [3.05, 3.63) is 12.4 Å². The lowest BCUT2D eigenvalue weighted by atomic mass is 9.80. The number of rotatable bonds is 2. The van der Waals surface area contributed by atoms with Crippen molar-refractivity contribution in [3.63, 3.8) is 0 Å². The van der Waals surface area contributed by atoms with Gasteiger partial charge in [-0.15, -0.1) is 0 Å². The van der Waals surface area contributed by atoms with Crippen LogP contribution in [0.2, 0.25) is 0 Å². The van der Waals surface area contributed by atoms with Crippen LogP contribution < -0.4 is 10.6 Å². The summed E-state index contributed by atoms with van der Waals surface area (Å²) in [4.78, 5) is 6.52. The fraction of sp³-hybridized carbons (Fsp3) is 0.700. The molecule has 1 aliphatic heterocycles. The van der Waals surface area contributed by atoms with E-state index in [-0.39, 0.29) is 5.54 Å². The third-order valence-electron chi connectivity index (χ3n) is 3.20. The molecule has 1 aromatic heterocycles. The Morgan fingerprint density at radius 3 is 2.57 bits per heavy atom. The van der Waals surface area contributed by atoms with E-state index in [2.05, 4.69) is 23.7 Å². The van der Waals surface area contributed by atoms with Crippen LogP contribution in [-0.2, 0) is 7.05 Å². The van der Waals surface area contributed by atoms with Gasteiger partial charge in [0.2, 0.25) is 5.95 Å². The number of nitrogens with zero attached hydrogens (tertiary/aromatic N) is 3. The van der Waals surface area contributed by atoms with Crippen LogP contribution >= 0.6 is 0 Å². The average Bonchev–Trinajstić information content (AvgIpc) is 2.45. The van der Waals surface area contributed by atoms with Crippen molar-refractivity contribution in [3.8, 4) is 0 Å². The summed E-state index contributed by atoms with van der Waals surface area (Å²) in [5.74, 6) is 1.55. The first-order valence-corrected chi connectivity index (χ1v) is 5.04. The molecule has 1 fully saturated rings. The number of aryl methyl sites for hydroxylation is 1. The van der Waals surface area contributed by atoms with Gasteiger partial charge < -0.3 is 15.2 Å². The molecule has 2 rings (SSSR count). The lowest BCUT2D eigenvalue weighted by Crippen LogP contribution is -2.70. The van der Waals surface area contributed by atoms with E-state index in [1.165, 1.54) is 0 Å². The number of aromatic nitrogens is 2. The van der Waals surface area contributed by atoms with E-state index >= 15 is 0 Å². The molecule has 0 amide bonds. The third kappa shape index (κ3) is 1.30. The SMILES string of the molecule is CC(C)C1(N)CN(c2nccn2C)C1. The van der Waals surface area contributed by atoms with Crippen molar-refractivity contribution in [2.75, 3.05) is 18.0 Å². The van der Waals surface area contributed by atoms with Crippen molar-refractivity contribution in [2.45, 2.75) is 19.4 Å². The molecule has 2 heterocycles. The number of anilines is 1. The molecular weight excluding hydrogens is 176 g/mol. The van der Waals surface area contributed by atoms with E-state index in [1.807, 2.05) is 24.0 Å². The Morgan fingerprint density at radius 1 is 1.50 bits per heavy atom. The predicted octanol–water partition coefficient (Wildman–Crippen LogP) is 0.594. The fourth-order valence-electron chi connectivity index (χ4n) is 1.83. The van der Waals surface area contributed by atoms with Crippen LogP contribution in [0.25, 0.3) is 0 Å². The highest BCUT2D eigenvalue weighted by Crippen LogP contribution is 2.29. The topological polar surface area (TPSA) is 47.1 Å². The van der Waals surface area contributed by atoms with E-state index in [0.717, 1.165) is 19.0 Å². The second-order valence-electron chi connectivity index (χ2n) is 4.58. The molecule has 0 saturated carbocycles. The minimum Gasteiger partial charge on any atom is -0.338 e. The number of nitrogens with two attached hydrogens (primary N) is 1. The Bertz CT molecular complexity index is 323. The maximum absolute atomic E-state index is 6.21. The van der Waals surface area contributed by atoms with Crippen LogP contribution in [0.1, 0.15) is 13.8 Å². The third-order valence-corrected chi connectivity index (χ3v) is 3.20. The smallest absolute Gasteiger partial charge is 0.205 e. The summed E-state index contributed by atoms with van der Waals surface area (Å²) in [5.41, 5.74) is 6.19. The van der Waals surface area contributed by atoms with E-state index in [4.69, 9.17) is 5.73 Å². The summed E-state index contributed by atoms with van der Waals surface area (Å²) in [7, 11) is 2.01. The summed E-state index contributed by atoms with van der Waals surface area (Å²) in [6.07, 6.45) is 3.78. The van der Waals surface area contributed by atoms with Gasteiger partial charge in [0.05, 0.1) is 5.54 Å². The first-order chi connectivity index (χ1) is 6.53. The van der Waals surface area contributed by atoms with Gasteiger partial charge in [-0.05, 0) is 5.92 Å². The molecule has 14 heavy (non-hydrogen) atoms. The van der Waals surface area contributed by atoms with Gasteiger partial charge in [-0.3, -0.25) is 0 Å². The zero-order chi connectivity index (χ0) is 10.3. The molecular formula is C10H18N4. The van der Waals surface area contributed by atoms with Gasteiger partial charge >= 0.3 is 0 Å². The van der Waals surface area contributed by atoms with E-state index in [1.54, 1.807) is 0 Å². The maximum atomic E-state index is 6.21. The summed E-state index contributed by atoms with van der Waals surface area (Å²) in [5, 5.41) is 0. The Balaban J connectivity index is 2.05. The van der Waals surface area contributed by atoms with Gasteiger partial charge in [0.25, 0.3) is 0 Å². The summed E-state index contributed by atoms with van der Waals surface area (Å²) in [6, 6.07) is 0. The zero-order valence-electron chi connectivity index (χ0n) is 9.07. The van der Waals surface area contributed by atoms with E-state index in [0.29, 0.717) is 5.92 Å². The number of imidazole rings is 1. The Hall–Kier alpha value is -1.03. The Labute approximate surface area is 84.7 Å². The fourth-order valence-corrected chi connectivity index (χ4v) is 1.83. The first kappa shape index (κ1) is 9.52. The molecule has 78 valence electrons. The van der Waals surface area contributed by atoms with Gasteiger partial charge in [0.1, 0.15) is 0 Å². The van der Waals surface area contributed by atoms with Gasteiger partial charge in [-0.25, -0.2) is 4.98 Å². The molecule has 0 aromatic carbocycles. The standard InChI is InChI=1S/C10H18N4/c1-8(2)10(11)6-14(7-10)9-12-4-5-13(9)3/h4-5,8H,6-7,11H2,1-3H3. The van der Waals surface area contributed by atoms with Crippen LogP contribution in [0.15, 0.2) is 12.4 Å². The molecule has 0 aliphatic carbocycles. The normalized spacial score (nSPS) is 19.9. The predicted molar refractivity (Wildman–Crippen MR) is 57.2 cm³/mol. The monoisotopic (exact) mass is 194 g/mol. The molecule has 0 radical (unpaired) electrons. The maximum Gasteiger partial charge on any atom is 0.205 e. The zero-order valence-corrected chi connectivity index (χ0v) is 9.07. The molecule has 0 spiro atoms. The average molecular weight is 194 g/mol. The molecule has 2 N–H and O–H groups in total. The van der Waals surface area contributed by atoms with Gasteiger partial charge in [0, 0.05) is 32.5 Å². The molecule has 1 aliphatic rings. The Kier molecular flexibility index (Phi) is 2.03. The van der Waals surface area contributed by atoms with Crippen molar-refractivity contribution < 1.29 is 0 Å². The van der Waals surface area contributed by atoms with Crippen LogP contribution in [-0.4, -0.2) is 28.2 Å². The van der Waals surface area contributed by atoms with Crippen LogP contribution in [0.3, 0.4) is 0 Å². The van der Waals surface area contributed by atoms with Crippen molar-refractivity contribution in [1.82, 2.24) is 9.55 Å². The minimum atomic E-state index is -0.0219. The second kappa shape index (κ2) is 2.98. The van der Waals surface area contributed by atoms with Crippen LogP contribution in [0.4, 0.5) is 5.95 Å². The highest BCUT2D eigenvalue weighted by atomic mass is 15.4. The highest BCUT2D eigenvalue weighted by molar-refractivity contribution is 5.39. The lowest BCUT2D eigenvalue weighted by molar-refractivity contribution is 0.241. The van der Waals surface area contributed by atoms with Gasteiger partial charge in [-0.2, -0.15) is 0 Å². The van der Waals surface area contributed by atoms with Crippen molar-refractivity contribution in [2.24, 2.45) is 18.7 Å². The largest absolute Gasteiger partial charge is 0.338 e. The van der Waals surface area contributed by atoms with Gasteiger partial charge in [-0.1, -0.05) is 13.8 Å². The van der Waals surface area contributed by atoms with Crippen molar-refractivity contribution in [1.29, 1.82) is 0 Å². The summed E-state index contributed by atoms with van der Waals surface area (Å²) < 4.78 is 2.03.